The second-order valence-corrected chi connectivity index (χ2v) is 7.98. The van der Waals surface area contributed by atoms with Crippen molar-refractivity contribution in [2.45, 2.75) is 26.0 Å². The minimum atomic E-state index is -1.04. The lowest BCUT2D eigenvalue weighted by molar-refractivity contribution is -0.144. The van der Waals surface area contributed by atoms with Crippen molar-refractivity contribution in [2.75, 3.05) is 0 Å². The monoisotopic (exact) mass is 413 g/mol. The number of nitrogens with zero attached hydrogens (tertiary/aromatic N) is 1. The van der Waals surface area contributed by atoms with Gasteiger partial charge in [-0.05, 0) is 43.2 Å². The van der Waals surface area contributed by atoms with Gasteiger partial charge in [0.05, 0.1) is 10.9 Å². The molecule has 1 amide bonds. The molecule has 1 aliphatic heterocycles. The molecule has 1 N–H and O–H groups in total. The summed E-state index contributed by atoms with van der Waals surface area (Å²) in [4.78, 5) is 26.0. The van der Waals surface area contributed by atoms with E-state index in [2.05, 4.69) is 0 Å². The summed E-state index contributed by atoms with van der Waals surface area (Å²) in [5, 5.41) is 8.98. The van der Waals surface area contributed by atoms with Crippen molar-refractivity contribution in [3.05, 3.63) is 70.6 Å². The second kappa shape index (κ2) is 8.58. The van der Waals surface area contributed by atoms with E-state index in [1.54, 1.807) is 29.2 Å². The van der Waals surface area contributed by atoms with Crippen LogP contribution in [0.1, 0.15) is 31.0 Å². The smallest absolute Gasteiger partial charge is 0.344 e. The van der Waals surface area contributed by atoms with E-state index in [0.29, 0.717) is 15.0 Å². The van der Waals surface area contributed by atoms with Crippen molar-refractivity contribution in [3.8, 4) is 5.75 Å². The number of ether oxygens (including phenoxy) is 1. The van der Waals surface area contributed by atoms with E-state index in [1.165, 1.54) is 18.7 Å². The largest absolute Gasteiger partial charge is 0.479 e. The Morgan fingerprint density at radius 3 is 2.57 bits per heavy atom. The first kappa shape index (κ1) is 20.1. The molecule has 0 saturated carbocycles. The average molecular weight is 414 g/mol. The summed E-state index contributed by atoms with van der Waals surface area (Å²) in [5.74, 6) is -0.755. The van der Waals surface area contributed by atoms with E-state index in [0.717, 1.165) is 11.1 Å². The molecule has 2 aromatic rings. The van der Waals surface area contributed by atoms with Crippen molar-refractivity contribution in [2.24, 2.45) is 0 Å². The molecule has 0 aliphatic carbocycles. The molecule has 28 heavy (non-hydrogen) atoms. The summed E-state index contributed by atoms with van der Waals surface area (Å²) in [6, 6.07) is 16.5. The highest BCUT2D eigenvalue weighted by atomic mass is 32.2. The predicted molar refractivity (Wildman–Crippen MR) is 114 cm³/mol. The molecule has 144 valence electrons. The van der Waals surface area contributed by atoms with E-state index < -0.39 is 12.1 Å². The third-order valence-corrected chi connectivity index (χ3v) is 5.64. The van der Waals surface area contributed by atoms with E-state index >= 15 is 0 Å². The molecular formula is C21H19NO4S2. The first-order chi connectivity index (χ1) is 13.4. The maximum Gasteiger partial charge on any atom is 0.344 e. The summed E-state index contributed by atoms with van der Waals surface area (Å²) in [7, 11) is 0. The lowest BCUT2D eigenvalue weighted by atomic mass is 10.1. The SMILES string of the molecule is CC(Oc1cccc(/C=C2/SC(=S)N(C(C)c3ccccc3)C2=O)c1)C(=O)O. The molecule has 1 aliphatic rings. The van der Waals surface area contributed by atoms with Gasteiger partial charge in [0, 0.05) is 0 Å². The number of benzene rings is 2. The summed E-state index contributed by atoms with van der Waals surface area (Å²) in [5.41, 5.74) is 1.75. The third-order valence-electron chi connectivity index (χ3n) is 4.31. The molecule has 2 atom stereocenters. The van der Waals surface area contributed by atoms with Crippen LogP contribution < -0.4 is 4.74 Å². The molecule has 2 aromatic carbocycles. The molecule has 0 spiro atoms. The van der Waals surface area contributed by atoms with Gasteiger partial charge in [0.25, 0.3) is 5.91 Å². The molecular weight excluding hydrogens is 394 g/mol. The topological polar surface area (TPSA) is 66.8 Å². The Labute approximate surface area is 173 Å². The first-order valence-electron chi connectivity index (χ1n) is 8.68. The van der Waals surface area contributed by atoms with Crippen molar-refractivity contribution in [1.29, 1.82) is 0 Å². The number of aliphatic carboxylic acids is 1. The quantitative estimate of drug-likeness (QED) is 0.556. The van der Waals surface area contributed by atoms with Gasteiger partial charge < -0.3 is 9.84 Å². The van der Waals surface area contributed by atoms with Crippen LogP contribution in [0.25, 0.3) is 6.08 Å². The number of carboxylic acids is 1. The maximum absolute atomic E-state index is 12.9. The van der Waals surface area contributed by atoms with Gasteiger partial charge in [-0.25, -0.2) is 4.79 Å². The van der Waals surface area contributed by atoms with Gasteiger partial charge in [0.15, 0.2) is 6.10 Å². The van der Waals surface area contributed by atoms with Gasteiger partial charge in [-0.3, -0.25) is 9.69 Å². The Balaban J connectivity index is 1.81. The van der Waals surface area contributed by atoms with Gasteiger partial charge in [-0.2, -0.15) is 0 Å². The highest BCUT2D eigenvalue weighted by Gasteiger charge is 2.35. The van der Waals surface area contributed by atoms with Crippen LogP contribution in [0.15, 0.2) is 59.5 Å². The molecule has 1 saturated heterocycles. The zero-order valence-electron chi connectivity index (χ0n) is 15.4. The zero-order valence-corrected chi connectivity index (χ0v) is 17.0. The molecule has 7 heteroatoms. The minimum Gasteiger partial charge on any atom is -0.479 e. The lowest BCUT2D eigenvalue weighted by Crippen LogP contribution is -2.30. The van der Waals surface area contributed by atoms with Crippen molar-refractivity contribution in [3.63, 3.8) is 0 Å². The van der Waals surface area contributed by atoms with Crippen LogP contribution in [-0.2, 0) is 9.59 Å². The van der Waals surface area contributed by atoms with Gasteiger partial charge in [0.1, 0.15) is 10.1 Å². The molecule has 1 heterocycles. The van der Waals surface area contributed by atoms with E-state index in [4.69, 9.17) is 22.1 Å². The average Bonchev–Trinajstić information content (AvgIpc) is 2.95. The third kappa shape index (κ3) is 4.43. The Kier molecular flexibility index (Phi) is 6.16. The molecule has 2 unspecified atom stereocenters. The number of carbonyl (C=O) groups is 2. The highest BCUT2D eigenvalue weighted by Crippen LogP contribution is 2.38. The van der Waals surface area contributed by atoms with Gasteiger partial charge in [-0.1, -0.05) is 66.4 Å². The number of carbonyl (C=O) groups excluding carboxylic acids is 1. The van der Waals surface area contributed by atoms with Gasteiger partial charge >= 0.3 is 5.97 Å². The second-order valence-electron chi connectivity index (χ2n) is 6.31. The Morgan fingerprint density at radius 1 is 1.18 bits per heavy atom. The predicted octanol–water partition coefficient (Wildman–Crippen LogP) is 4.50. The molecule has 5 nitrogen and oxygen atoms in total. The van der Waals surface area contributed by atoms with Crippen LogP contribution in [0.5, 0.6) is 5.75 Å². The Hall–Kier alpha value is -2.64. The number of hydrogen-bond donors (Lipinski definition) is 1. The highest BCUT2D eigenvalue weighted by molar-refractivity contribution is 8.26. The number of amides is 1. The molecule has 3 rings (SSSR count). The van der Waals surface area contributed by atoms with Crippen LogP contribution in [0.3, 0.4) is 0 Å². The fourth-order valence-corrected chi connectivity index (χ4v) is 4.20. The van der Waals surface area contributed by atoms with Gasteiger partial charge in [-0.15, -0.1) is 0 Å². The van der Waals surface area contributed by atoms with Crippen molar-refractivity contribution in [1.82, 2.24) is 4.90 Å². The number of thioether (sulfide) groups is 1. The molecule has 0 bridgehead atoms. The fraction of sp³-hybridized carbons (Fsp3) is 0.190. The summed E-state index contributed by atoms with van der Waals surface area (Å²) >= 11 is 6.69. The molecule has 0 aromatic heterocycles. The standard InChI is InChI=1S/C21H19NO4S2/c1-13(16-8-4-3-5-9-16)22-19(23)18(28-21(22)27)12-15-7-6-10-17(11-15)26-14(2)20(24)25/h3-14H,1-2H3,(H,24,25)/b18-12+. The normalized spacial score (nSPS) is 17.6. The number of carboxylic acid groups (broad SMARTS) is 1. The number of hydrogen-bond acceptors (Lipinski definition) is 5. The number of rotatable bonds is 6. The van der Waals surface area contributed by atoms with Crippen molar-refractivity contribution >= 4 is 46.3 Å². The molecule has 0 radical (unpaired) electrons. The van der Waals surface area contributed by atoms with Gasteiger partial charge in [0.2, 0.25) is 0 Å². The van der Waals surface area contributed by atoms with Crippen molar-refractivity contribution < 1.29 is 19.4 Å². The van der Waals surface area contributed by atoms with Crippen LogP contribution in [-0.4, -0.2) is 32.3 Å². The minimum absolute atomic E-state index is 0.142. The van der Waals surface area contributed by atoms with Crippen LogP contribution in [0.4, 0.5) is 0 Å². The zero-order chi connectivity index (χ0) is 20.3. The van der Waals surface area contributed by atoms with Crippen LogP contribution in [0.2, 0.25) is 0 Å². The van der Waals surface area contributed by atoms with Crippen LogP contribution in [0, 0.1) is 0 Å². The first-order valence-corrected chi connectivity index (χ1v) is 9.91. The van der Waals surface area contributed by atoms with E-state index in [1.807, 2.05) is 43.3 Å². The summed E-state index contributed by atoms with van der Waals surface area (Å²) < 4.78 is 5.90. The van der Waals surface area contributed by atoms with E-state index in [9.17, 15) is 9.59 Å². The summed E-state index contributed by atoms with van der Waals surface area (Å²) in [6.07, 6.45) is 0.787. The Bertz CT molecular complexity index is 942. The lowest BCUT2D eigenvalue weighted by Gasteiger charge is -2.23. The van der Waals surface area contributed by atoms with Crippen LogP contribution >= 0.6 is 24.0 Å². The fourth-order valence-electron chi connectivity index (χ4n) is 2.78. The maximum atomic E-state index is 12.9. The van der Waals surface area contributed by atoms with E-state index in [-0.39, 0.29) is 11.9 Å². The Morgan fingerprint density at radius 2 is 1.89 bits per heavy atom. The molecule has 1 fully saturated rings. The summed E-state index contributed by atoms with van der Waals surface area (Å²) in [6.45, 7) is 3.41. The number of thiocarbonyl (C=S) groups is 1.